The number of rotatable bonds is 7. The van der Waals surface area contributed by atoms with Crippen LogP contribution >= 0.6 is 0 Å². The summed E-state index contributed by atoms with van der Waals surface area (Å²) in [5, 5.41) is 0. The number of esters is 1. The summed E-state index contributed by atoms with van der Waals surface area (Å²) in [7, 11) is 0. The monoisotopic (exact) mass is 235 g/mol. The molecular formula is C14H21NO2. The molecule has 0 N–H and O–H groups in total. The van der Waals surface area contributed by atoms with Gasteiger partial charge in [0.25, 0.3) is 0 Å². The fourth-order valence-electron chi connectivity index (χ4n) is 1.82. The summed E-state index contributed by atoms with van der Waals surface area (Å²) in [5.41, 5.74) is 1.10. The Labute approximate surface area is 103 Å². The molecule has 3 heteroatoms. The van der Waals surface area contributed by atoms with Crippen molar-refractivity contribution in [2.75, 3.05) is 6.61 Å². The molecule has 0 aliphatic carbocycles. The number of hydrogen-bond donors (Lipinski definition) is 0. The first-order valence-corrected chi connectivity index (χ1v) is 6.33. The van der Waals surface area contributed by atoms with Crippen LogP contribution in [-0.2, 0) is 16.0 Å². The first-order chi connectivity index (χ1) is 8.27. The first kappa shape index (κ1) is 13.7. The first-order valence-electron chi connectivity index (χ1n) is 6.33. The Morgan fingerprint density at radius 2 is 2.29 bits per heavy atom. The van der Waals surface area contributed by atoms with E-state index in [1.807, 2.05) is 25.3 Å². The van der Waals surface area contributed by atoms with E-state index in [1.165, 1.54) is 0 Å². The van der Waals surface area contributed by atoms with Crippen molar-refractivity contribution in [3.8, 4) is 0 Å². The van der Waals surface area contributed by atoms with E-state index in [9.17, 15) is 4.79 Å². The standard InChI is InChI=1S/C14H21NO2/c1-3-5-8-13(14(16)17-4-2)10-12-7-6-9-15-11-12/h6-7,9,11,13H,3-5,8,10H2,1-2H3. The minimum Gasteiger partial charge on any atom is -0.466 e. The second-order valence-electron chi connectivity index (χ2n) is 4.16. The van der Waals surface area contributed by atoms with E-state index in [0.29, 0.717) is 6.61 Å². The van der Waals surface area contributed by atoms with Crippen LogP contribution in [0.3, 0.4) is 0 Å². The van der Waals surface area contributed by atoms with E-state index in [-0.39, 0.29) is 11.9 Å². The molecule has 17 heavy (non-hydrogen) atoms. The molecule has 0 aliphatic rings. The Bertz CT molecular complexity index is 324. The number of pyridine rings is 1. The van der Waals surface area contributed by atoms with Crippen LogP contribution in [0.4, 0.5) is 0 Å². The predicted octanol–water partition coefficient (Wildman–Crippen LogP) is 2.99. The van der Waals surface area contributed by atoms with E-state index in [4.69, 9.17) is 4.74 Å². The summed E-state index contributed by atoms with van der Waals surface area (Å²) in [6.45, 7) is 4.43. The van der Waals surface area contributed by atoms with Gasteiger partial charge in [-0.15, -0.1) is 0 Å². The number of aromatic nitrogens is 1. The van der Waals surface area contributed by atoms with Gasteiger partial charge in [-0.2, -0.15) is 0 Å². The Kier molecular flexibility index (Phi) is 6.30. The molecule has 0 amide bonds. The zero-order chi connectivity index (χ0) is 12.5. The van der Waals surface area contributed by atoms with Crippen LogP contribution in [0.25, 0.3) is 0 Å². The Balaban J connectivity index is 2.59. The van der Waals surface area contributed by atoms with E-state index in [1.54, 1.807) is 6.20 Å². The zero-order valence-corrected chi connectivity index (χ0v) is 10.7. The normalized spacial score (nSPS) is 12.1. The van der Waals surface area contributed by atoms with Crippen LogP contribution in [0, 0.1) is 5.92 Å². The summed E-state index contributed by atoms with van der Waals surface area (Å²) in [6, 6.07) is 3.91. The van der Waals surface area contributed by atoms with Crippen LogP contribution in [0.15, 0.2) is 24.5 Å². The van der Waals surface area contributed by atoms with E-state index in [2.05, 4.69) is 11.9 Å². The van der Waals surface area contributed by atoms with Crippen LogP contribution in [0.2, 0.25) is 0 Å². The summed E-state index contributed by atoms with van der Waals surface area (Å²) >= 11 is 0. The highest BCUT2D eigenvalue weighted by Crippen LogP contribution is 2.16. The maximum atomic E-state index is 11.8. The molecule has 0 bridgehead atoms. The van der Waals surface area contributed by atoms with E-state index in [0.717, 1.165) is 31.2 Å². The van der Waals surface area contributed by atoms with Gasteiger partial charge >= 0.3 is 5.97 Å². The molecule has 0 fully saturated rings. The van der Waals surface area contributed by atoms with Crippen molar-refractivity contribution in [2.24, 2.45) is 5.92 Å². The minimum absolute atomic E-state index is 0.0286. The zero-order valence-electron chi connectivity index (χ0n) is 10.7. The lowest BCUT2D eigenvalue weighted by Gasteiger charge is -2.14. The maximum Gasteiger partial charge on any atom is 0.309 e. The van der Waals surface area contributed by atoms with Crippen LogP contribution in [0.5, 0.6) is 0 Å². The number of nitrogens with zero attached hydrogens (tertiary/aromatic N) is 1. The Morgan fingerprint density at radius 1 is 1.47 bits per heavy atom. The molecule has 1 heterocycles. The number of carbonyl (C=O) groups is 1. The van der Waals surface area contributed by atoms with Gasteiger partial charge in [0.05, 0.1) is 12.5 Å². The number of carbonyl (C=O) groups excluding carboxylic acids is 1. The third-order valence-electron chi connectivity index (χ3n) is 2.73. The molecule has 1 aromatic heterocycles. The molecule has 0 saturated heterocycles. The van der Waals surface area contributed by atoms with Crippen molar-refractivity contribution in [3.05, 3.63) is 30.1 Å². The Morgan fingerprint density at radius 3 is 2.88 bits per heavy atom. The predicted molar refractivity (Wildman–Crippen MR) is 67.6 cm³/mol. The average Bonchev–Trinajstić information content (AvgIpc) is 2.36. The van der Waals surface area contributed by atoms with Gasteiger partial charge in [-0.1, -0.05) is 25.8 Å². The van der Waals surface area contributed by atoms with Crippen molar-refractivity contribution in [1.82, 2.24) is 4.98 Å². The van der Waals surface area contributed by atoms with Gasteiger partial charge in [0, 0.05) is 12.4 Å². The van der Waals surface area contributed by atoms with Gasteiger partial charge in [0.1, 0.15) is 0 Å². The summed E-state index contributed by atoms with van der Waals surface area (Å²) in [5.74, 6) is -0.107. The number of unbranched alkanes of at least 4 members (excludes halogenated alkanes) is 1. The van der Waals surface area contributed by atoms with Crippen LogP contribution in [-0.4, -0.2) is 17.6 Å². The summed E-state index contributed by atoms with van der Waals surface area (Å²) < 4.78 is 5.11. The fraction of sp³-hybridized carbons (Fsp3) is 0.571. The molecule has 3 nitrogen and oxygen atoms in total. The molecule has 0 saturated carbocycles. The highest BCUT2D eigenvalue weighted by Gasteiger charge is 2.19. The van der Waals surface area contributed by atoms with Crippen molar-refractivity contribution in [2.45, 2.75) is 39.5 Å². The average molecular weight is 235 g/mol. The second-order valence-corrected chi connectivity index (χ2v) is 4.16. The third kappa shape index (κ3) is 4.98. The molecule has 0 radical (unpaired) electrons. The summed E-state index contributed by atoms with van der Waals surface area (Å²) in [6.07, 6.45) is 7.34. The Hall–Kier alpha value is -1.38. The van der Waals surface area contributed by atoms with Crippen molar-refractivity contribution in [1.29, 1.82) is 0 Å². The SMILES string of the molecule is CCCCC(Cc1cccnc1)C(=O)OCC. The lowest BCUT2D eigenvalue weighted by Crippen LogP contribution is -2.20. The van der Waals surface area contributed by atoms with Gasteiger partial charge < -0.3 is 4.74 Å². The molecule has 1 aromatic rings. The molecule has 1 atom stereocenters. The van der Waals surface area contributed by atoms with Crippen molar-refractivity contribution in [3.63, 3.8) is 0 Å². The molecule has 1 unspecified atom stereocenters. The lowest BCUT2D eigenvalue weighted by molar-refractivity contribution is -0.148. The topological polar surface area (TPSA) is 39.2 Å². The van der Waals surface area contributed by atoms with Gasteiger partial charge in [0.2, 0.25) is 0 Å². The smallest absolute Gasteiger partial charge is 0.309 e. The van der Waals surface area contributed by atoms with Crippen LogP contribution < -0.4 is 0 Å². The molecule has 0 aliphatic heterocycles. The van der Waals surface area contributed by atoms with Crippen molar-refractivity contribution < 1.29 is 9.53 Å². The number of ether oxygens (including phenoxy) is 1. The van der Waals surface area contributed by atoms with Gasteiger partial charge in [-0.3, -0.25) is 9.78 Å². The summed E-state index contributed by atoms with van der Waals surface area (Å²) in [4.78, 5) is 15.9. The lowest BCUT2D eigenvalue weighted by atomic mass is 9.95. The molecule has 94 valence electrons. The van der Waals surface area contributed by atoms with Gasteiger partial charge in [-0.05, 0) is 31.4 Å². The number of hydrogen-bond acceptors (Lipinski definition) is 3. The molecule has 0 spiro atoms. The van der Waals surface area contributed by atoms with Gasteiger partial charge in [-0.25, -0.2) is 0 Å². The second kappa shape index (κ2) is 7.82. The molecule has 0 aromatic carbocycles. The molecule has 1 rings (SSSR count). The highest BCUT2D eigenvalue weighted by molar-refractivity contribution is 5.72. The maximum absolute atomic E-state index is 11.8. The largest absolute Gasteiger partial charge is 0.466 e. The minimum atomic E-state index is -0.0789. The highest BCUT2D eigenvalue weighted by atomic mass is 16.5. The van der Waals surface area contributed by atoms with Crippen LogP contribution in [0.1, 0.15) is 38.7 Å². The van der Waals surface area contributed by atoms with E-state index < -0.39 is 0 Å². The quantitative estimate of drug-likeness (QED) is 0.682. The molecular weight excluding hydrogens is 214 g/mol. The van der Waals surface area contributed by atoms with Gasteiger partial charge in [0.15, 0.2) is 0 Å². The fourth-order valence-corrected chi connectivity index (χ4v) is 1.82. The van der Waals surface area contributed by atoms with Crippen molar-refractivity contribution >= 4 is 5.97 Å². The van der Waals surface area contributed by atoms with E-state index >= 15 is 0 Å². The third-order valence-corrected chi connectivity index (χ3v) is 2.73.